The number of imidazole rings is 1. The topological polar surface area (TPSA) is 121 Å². The van der Waals surface area contributed by atoms with Crippen molar-refractivity contribution in [1.82, 2.24) is 19.5 Å². The average Bonchev–Trinajstić information content (AvgIpc) is 3.49. The van der Waals surface area contributed by atoms with Crippen LogP contribution < -0.4 is 5.32 Å². The lowest BCUT2D eigenvalue weighted by Gasteiger charge is -2.40. The van der Waals surface area contributed by atoms with Gasteiger partial charge in [0.25, 0.3) is 5.91 Å². The quantitative estimate of drug-likeness (QED) is 0.499. The van der Waals surface area contributed by atoms with Crippen molar-refractivity contribution >= 4 is 31.2 Å². The molecule has 2 aliphatic heterocycles. The van der Waals surface area contributed by atoms with Crippen molar-refractivity contribution in [3.8, 4) is 0 Å². The summed E-state index contributed by atoms with van der Waals surface area (Å²) in [7, 11) is -2.17. The fourth-order valence-electron chi connectivity index (χ4n) is 4.30. The highest BCUT2D eigenvalue weighted by Crippen LogP contribution is 2.50. The molecule has 2 bridgehead atoms. The summed E-state index contributed by atoms with van der Waals surface area (Å²) in [5.41, 5.74) is 0.476. The summed E-state index contributed by atoms with van der Waals surface area (Å²) >= 11 is 0. The van der Waals surface area contributed by atoms with Gasteiger partial charge in [0.05, 0.1) is 19.5 Å². The maximum absolute atomic E-state index is 12.7. The van der Waals surface area contributed by atoms with Gasteiger partial charge in [0.15, 0.2) is 31.5 Å². The molecule has 186 valence electrons. The standard InChI is InChI=1S/C24H31N5O5Si/c1-23(2,3)35(4,5)34-18-17-22(33-24(18,11-30)12-32-17)29-14-27-16-19(25-13-26-20(16)29)28-21(31)15-9-7-6-8-10-15/h6-10,13-14,17-18,22,30H,11-12H2,1-5H3,(H,25,26,28,31)/t17-,18+,22-,24+/m1/s1. The molecule has 0 aliphatic carbocycles. The first-order valence-corrected chi connectivity index (χ1v) is 14.6. The van der Waals surface area contributed by atoms with E-state index in [0.717, 1.165) is 0 Å². The molecule has 5 rings (SSSR count). The molecule has 1 amide bonds. The summed E-state index contributed by atoms with van der Waals surface area (Å²) in [6, 6.07) is 8.89. The molecule has 0 unspecified atom stereocenters. The number of aliphatic hydroxyl groups excluding tert-OH is 1. The number of fused-ring (bicyclic) bond motifs is 3. The van der Waals surface area contributed by atoms with Crippen LogP contribution in [0.3, 0.4) is 0 Å². The molecule has 2 fully saturated rings. The van der Waals surface area contributed by atoms with Crippen LogP contribution in [0, 0.1) is 0 Å². The van der Waals surface area contributed by atoms with E-state index in [-0.39, 0.29) is 24.2 Å². The minimum Gasteiger partial charge on any atom is -0.408 e. The second kappa shape index (κ2) is 8.45. The Labute approximate surface area is 204 Å². The van der Waals surface area contributed by atoms with E-state index in [9.17, 15) is 9.90 Å². The zero-order valence-corrected chi connectivity index (χ0v) is 21.6. The van der Waals surface area contributed by atoms with Crippen LogP contribution in [0.1, 0.15) is 37.4 Å². The van der Waals surface area contributed by atoms with E-state index in [1.807, 2.05) is 6.07 Å². The van der Waals surface area contributed by atoms with Crippen LogP contribution in [0.5, 0.6) is 0 Å². The number of carbonyl (C=O) groups is 1. The minimum absolute atomic E-state index is 0.0119. The largest absolute Gasteiger partial charge is 0.408 e. The lowest BCUT2D eigenvalue weighted by atomic mass is 10.0. The second-order valence-corrected chi connectivity index (χ2v) is 15.4. The third-order valence-corrected chi connectivity index (χ3v) is 11.8. The number of rotatable bonds is 6. The van der Waals surface area contributed by atoms with Crippen molar-refractivity contribution in [3.63, 3.8) is 0 Å². The van der Waals surface area contributed by atoms with Crippen LogP contribution in [0.4, 0.5) is 5.82 Å². The van der Waals surface area contributed by atoms with Gasteiger partial charge in [-0.1, -0.05) is 39.0 Å². The number of ether oxygens (including phenoxy) is 2. The molecule has 3 aromatic rings. The van der Waals surface area contributed by atoms with Crippen LogP contribution in [-0.2, 0) is 13.9 Å². The highest BCUT2D eigenvalue weighted by Gasteiger charge is 2.64. The number of amides is 1. The first-order valence-electron chi connectivity index (χ1n) is 11.7. The van der Waals surface area contributed by atoms with Gasteiger partial charge in [-0.2, -0.15) is 0 Å². The molecule has 4 heterocycles. The maximum Gasteiger partial charge on any atom is 0.256 e. The number of hydrogen-bond donors (Lipinski definition) is 2. The zero-order chi connectivity index (χ0) is 25.0. The summed E-state index contributed by atoms with van der Waals surface area (Å²) in [6.07, 6.45) is 1.52. The van der Waals surface area contributed by atoms with Crippen molar-refractivity contribution in [3.05, 3.63) is 48.5 Å². The molecular weight excluding hydrogens is 466 g/mol. The molecule has 11 heteroatoms. The molecule has 10 nitrogen and oxygen atoms in total. The van der Waals surface area contributed by atoms with Gasteiger partial charge in [-0.3, -0.25) is 9.36 Å². The van der Waals surface area contributed by atoms with Gasteiger partial charge in [-0.05, 0) is 30.3 Å². The van der Waals surface area contributed by atoms with E-state index < -0.39 is 32.4 Å². The molecule has 2 saturated heterocycles. The van der Waals surface area contributed by atoms with Gasteiger partial charge in [-0.25, -0.2) is 15.0 Å². The summed E-state index contributed by atoms with van der Waals surface area (Å²) in [4.78, 5) is 25.8. The summed E-state index contributed by atoms with van der Waals surface area (Å²) in [5.74, 6) is 0.0133. The summed E-state index contributed by atoms with van der Waals surface area (Å²) in [6.45, 7) is 10.9. The third kappa shape index (κ3) is 3.97. The van der Waals surface area contributed by atoms with Gasteiger partial charge in [0.2, 0.25) is 0 Å². The Balaban J connectivity index is 1.45. The molecular formula is C24H31N5O5Si. The van der Waals surface area contributed by atoms with E-state index in [1.54, 1.807) is 35.2 Å². The predicted molar refractivity (Wildman–Crippen MR) is 131 cm³/mol. The maximum atomic E-state index is 12.7. The highest BCUT2D eigenvalue weighted by atomic mass is 28.4. The fourth-order valence-corrected chi connectivity index (χ4v) is 5.64. The number of aromatic nitrogens is 4. The monoisotopic (exact) mass is 497 g/mol. The molecule has 0 spiro atoms. The first-order chi connectivity index (χ1) is 16.6. The first kappa shape index (κ1) is 24.0. The lowest BCUT2D eigenvalue weighted by molar-refractivity contribution is -0.185. The van der Waals surface area contributed by atoms with E-state index >= 15 is 0 Å². The highest BCUT2D eigenvalue weighted by molar-refractivity contribution is 6.74. The van der Waals surface area contributed by atoms with Gasteiger partial charge in [0.1, 0.15) is 24.1 Å². The SMILES string of the molecule is CC(C)(C)[Si](C)(C)O[C@H]1[C@H]2OC[C@]1(CO)O[C@H]2n1cnc2c(NC(=O)c3ccccc3)ncnc21. The van der Waals surface area contributed by atoms with Crippen LogP contribution in [-0.4, -0.2) is 69.9 Å². The third-order valence-electron chi connectivity index (χ3n) is 7.37. The van der Waals surface area contributed by atoms with Crippen molar-refractivity contribution in [2.24, 2.45) is 0 Å². The van der Waals surface area contributed by atoms with E-state index in [1.165, 1.54) is 6.33 Å². The summed E-state index contributed by atoms with van der Waals surface area (Å²) < 4.78 is 21.0. The van der Waals surface area contributed by atoms with E-state index in [0.29, 0.717) is 22.5 Å². The number of nitrogens with one attached hydrogen (secondary N) is 1. The van der Waals surface area contributed by atoms with Crippen molar-refractivity contribution in [1.29, 1.82) is 0 Å². The average molecular weight is 498 g/mol. The van der Waals surface area contributed by atoms with Crippen LogP contribution in [0.2, 0.25) is 18.1 Å². The Kier molecular flexibility index (Phi) is 5.80. The number of aliphatic hydroxyl groups is 1. The van der Waals surface area contributed by atoms with E-state index in [4.69, 9.17) is 13.9 Å². The molecule has 2 aliphatic rings. The Hall–Kier alpha value is -2.70. The fraction of sp³-hybridized carbons (Fsp3) is 0.500. The zero-order valence-electron chi connectivity index (χ0n) is 20.6. The van der Waals surface area contributed by atoms with Gasteiger partial charge in [-0.15, -0.1) is 0 Å². The summed E-state index contributed by atoms with van der Waals surface area (Å²) in [5, 5.41) is 13.1. The molecule has 35 heavy (non-hydrogen) atoms. The molecule has 4 atom stereocenters. The van der Waals surface area contributed by atoms with Crippen molar-refractivity contribution in [2.45, 2.75) is 62.9 Å². The Bertz CT molecular complexity index is 1240. The molecule has 0 saturated carbocycles. The van der Waals surface area contributed by atoms with Crippen LogP contribution in [0.15, 0.2) is 43.0 Å². The molecule has 0 radical (unpaired) electrons. The number of hydrogen-bond acceptors (Lipinski definition) is 8. The number of benzene rings is 1. The normalized spacial score (nSPS) is 26.4. The predicted octanol–water partition coefficient (Wildman–Crippen LogP) is 3.13. The molecule has 2 aromatic heterocycles. The van der Waals surface area contributed by atoms with Gasteiger partial charge in [0, 0.05) is 5.56 Å². The second-order valence-electron chi connectivity index (χ2n) is 10.7. The van der Waals surface area contributed by atoms with Crippen molar-refractivity contribution in [2.75, 3.05) is 18.5 Å². The number of anilines is 1. The minimum atomic E-state index is -2.17. The molecule has 2 N–H and O–H groups in total. The van der Waals surface area contributed by atoms with Gasteiger partial charge >= 0.3 is 0 Å². The Morgan fingerprint density at radius 2 is 2.00 bits per heavy atom. The smallest absolute Gasteiger partial charge is 0.256 e. The van der Waals surface area contributed by atoms with Crippen LogP contribution in [0.25, 0.3) is 11.2 Å². The Morgan fingerprint density at radius 3 is 2.69 bits per heavy atom. The van der Waals surface area contributed by atoms with E-state index in [2.05, 4.69) is 54.1 Å². The van der Waals surface area contributed by atoms with Crippen molar-refractivity contribution < 1.29 is 23.8 Å². The Morgan fingerprint density at radius 1 is 1.26 bits per heavy atom. The number of carbonyl (C=O) groups excluding carboxylic acids is 1. The van der Waals surface area contributed by atoms with Gasteiger partial charge < -0.3 is 24.3 Å². The van der Waals surface area contributed by atoms with Crippen LogP contribution >= 0.6 is 0 Å². The molecule has 1 aromatic carbocycles. The number of nitrogens with zero attached hydrogens (tertiary/aromatic N) is 4. The lowest BCUT2D eigenvalue weighted by Crippen LogP contribution is -2.52.